The summed E-state index contributed by atoms with van der Waals surface area (Å²) in [7, 11) is 1.68. The van der Waals surface area contributed by atoms with Crippen molar-refractivity contribution in [1.29, 1.82) is 0 Å². The van der Waals surface area contributed by atoms with E-state index >= 15 is 0 Å². The van der Waals surface area contributed by atoms with Gasteiger partial charge in [-0.15, -0.1) is 0 Å². The highest BCUT2D eigenvalue weighted by Gasteiger charge is 2.10. The summed E-state index contributed by atoms with van der Waals surface area (Å²) < 4.78 is 5.31. The Hall–Kier alpha value is -3.24. The molecule has 2 aromatic heterocycles. The second kappa shape index (κ2) is 8.63. The maximum atomic E-state index is 5.31. The maximum Gasteiger partial charge on any atom is 0.119 e. The second-order valence-electron chi connectivity index (χ2n) is 6.85. The molecule has 0 unspecified atom stereocenters. The van der Waals surface area contributed by atoms with Gasteiger partial charge in [0.2, 0.25) is 0 Å². The third-order valence-corrected chi connectivity index (χ3v) is 4.74. The normalized spacial score (nSPS) is 11.1. The summed E-state index contributed by atoms with van der Waals surface area (Å²) in [5.74, 6) is 0.852. The molecular weight excluding hydrogens is 346 g/mol. The molecule has 0 saturated heterocycles. The highest BCUT2D eigenvalue weighted by atomic mass is 16.5. The van der Waals surface area contributed by atoms with Crippen LogP contribution in [0.5, 0.6) is 5.75 Å². The van der Waals surface area contributed by atoms with Gasteiger partial charge < -0.3 is 4.74 Å². The summed E-state index contributed by atoms with van der Waals surface area (Å²) in [4.78, 5) is 11.4. The molecule has 0 amide bonds. The third-order valence-electron chi connectivity index (χ3n) is 4.74. The fourth-order valence-electron chi connectivity index (χ4n) is 3.35. The van der Waals surface area contributed by atoms with E-state index in [1.54, 1.807) is 7.11 Å². The largest absolute Gasteiger partial charge is 0.497 e. The zero-order valence-corrected chi connectivity index (χ0v) is 16.0. The molecule has 4 aromatic rings. The molecule has 0 saturated carbocycles. The molecule has 2 aromatic carbocycles. The first-order valence-electron chi connectivity index (χ1n) is 9.39. The molecule has 140 valence electrons. The molecule has 0 spiro atoms. The van der Waals surface area contributed by atoms with E-state index in [9.17, 15) is 0 Å². The zero-order chi connectivity index (χ0) is 19.2. The van der Waals surface area contributed by atoms with E-state index in [4.69, 9.17) is 9.72 Å². The fraction of sp³-hybridized carbons (Fsp3) is 0.167. The summed E-state index contributed by atoms with van der Waals surface area (Å²) >= 11 is 0. The molecule has 0 N–H and O–H groups in total. The van der Waals surface area contributed by atoms with Crippen LogP contribution in [0.4, 0.5) is 0 Å². The number of hydrogen-bond acceptors (Lipinski definition) is 4. The fourth-order valence-corrected chi connectivity index (χ4v) is 3.35. The minimum absolute atomic E-state index is 0.777. The van der Waals surface area contributed by atoms with Gasteiger partial charge in [-0.3, -0.25) is 14.9 Å². The lowest BCUT2D eigenvalue weighted by Gasteiger charge is -2.22. The first kappa shape index (κ1) is 18.1. The van der Waals surface area contributed by atoms with Crippen LogP contribution in [0.1, 0.15) is 16.8 Å². The monoisotopic (exact) mass is 369 g/mol. The van der Waals surface area contributed by atoms with Crippen LogP contribution in [-0.2, 0) is 19.6 Å². The molecule has 4 rings (SSSR count). The minimum atomic E-state index is 0.777. The van der Waals surface area contributed by atoms with Gasteiger partial charge in [0.15, 0.2) is 0 Å². The van der Waals surface area contributed by atoms with Crippen LogP contribution in [0, 0.1) is 0 Å². The van der Waals surface area contributed by atoms with Crippen molar-refractivity contribution in [1.82, 2.24) is 14.9 Å². The van der Waals surface area contributed by atoms with E-state index in [0.717, 1.165) is 42.0 Å². The van der Waals surface area contributed by atoms with Gasteiger partial charge in [-0.1, -0.05) is 36.4 Å². The number of aromatic nitrogens is 2. The van der Waals surface area contributed by atoms with E-state index in [2.05, 4.69) is 64.5 Å². The Morgan fingerprint density at radius 2 is 1.54 bits per heavy atom. The highest BCUT2D eigenvalue weighted by Crippen LogP contribution is 2.21. The molecule has 0 fully saturated rings. The molecular formula is C24H23N3O. The van der Waals surface area contributed by atoms with Gasteiger partial charge in [-0.25, -0.2) is 0 Å². The third kappa shape index (κ3) is 4.53. The van der Waals surface area contributed by atoms with E-state index in [1.165, 1.54) is 11.1 Å². The number of nitrogens with zero attached hydrogens (tertiary/aromatic N) is 3. The SMILES string of the molecule is COc1ccc2nc(CN(Cc3ccccc3)Cc3ccncc3)ccc2c1. The Labute approximate surface area is 165 Å². The van der Waals surface area contributed by atoms with Gasteiger partial charge in [0.1, 0.15) is 5.75 Å². The van der Waals surface area contributed by atoms with Crippen molar-refractivity contribution in [3.05, 3.63) is 102 Å². The smallest absolute Gasteiger partial charge is 0.119 e. The summed E-state index contributed by atoms with van der Waals surface area (Å²) in [5, 5.41) is 1.09. The summed E-state index contributed by atoms with van der Waals surface area (Å²) in [6.07, 6.45) is 3.69. The lowest BCUT2D eigenvalue weighted by molar-refractivity contribution is 0.245. The number of rotatable bonds is 7. The lowest BCUT2D eigenvalue weighted by atomic mass is 10.1. The van der Waals surface area contributed by atoms with Crippen LogP contribution in [0.25, 0.3) is 10.9 Å². The Kier molecular flexibility index (Phi) is 5.59. The number of pyridine rings is 2. The summed E-state index contributed by atoms with van der Waals surface area (Å²) in [6.45, 7) is 2.49. The van der Waals surface area contributed by atoms with E-state index in [0.29, 0.717) is 0 Å². The topological polar surface area (TPSA) is 38.2 Å². The van der Waals surface area contributed by atoms with Crippen LogP contribution < -0.4 is 4.74 Å². The van der Waals surface area contributed by atoms with Crippen molar-refractivity contribution >= 4 is 10.9 Å². The van der Waals surface area contributed by atoms with Crippen LogP contribution in [-0.4, -0.2) is 22.0 Å². The average molecular weight is 369 g/mol. The predicted octanol–water partition coefficient (Wildman–Crippen LogP) is 4.84. The molecule has 28 heavy (non-hydrogen) atoms. The first-order valence-corrected chi connectivity index (χ1v) is 9.39. The predicted molar refractivity (Wildman–Crippen MR) is 112 cm³/mol. The molecule has 0 aliphatic heterocycles. The van der Waals surface area contributed by atoms with Gasteiger partial charge in [0.25, 0.3) is 0 Å². The molecule has 4 nitrogen and oxygen atoms in total. The van der Waals surface area contributed by atoms with Crippen molar-refractivity contribution in [3.8, 4) is 5.75 Å². The number of hydrogen-bond donors (Lipinski definition) is 0. The summed E-state index contributed by atoms with van der Waals surface area (Å²) in [6, 6.07) is 24.9. The van der Waals surface area contributed by atoms with Crippen LogP contribution >= 0.6 is 0 Å². The Morgan fingerprint density at radius 1 is 0.786 bits per heavy atom. The number of methoxy groups -OCH3 is 1. The summed E-state index contributed by atoms with van der Waals surface area (Å²) in [5.41, 5.74) is 4.59. The van der Waals surface area contributed by atoms with Crippen molar-refractivity contribution in [2.75, 3.05) is 7.11 Å². The lowest BCUT2D eigenvalue weighted by Crippen LogP contribution is -2.23. The number of ether oxygens (including phenoxy) is 1. The van der Waals surface area contributed by atoms with Crippen molar-refractivity contribution in [3.63, 3.8) is 0 Å². The molecule has 2 heterocycles. The Morgan fingerprint density at radius 3 is 2.29 bits per heavy atom. The quantitative estimate of drug-likeness (QED) is 0.467. The first-order chi connectivity index (χ1) is 13.8. The maximum absolute atomic E-state index is 5.31. The Balaban J connectivity index is 1.58. The van der Waals surface area contributed by atoms with Crippen LogP contribution in [0.2, 0.25) is 0 Å². The molecule has 0 bridgehead atoms. The highest BCUT2D eigenvalue weighted by molar-refractivity contribution is 5.80. The number of benzene rings is 2. The second-order valence-corrected chi connectivity index (χ2v) is 6.85. The van der Waals surface area contributed by atoms with E-state index < -0.39 is 0 Å². The average Bonchev–Trinajstić information content (AvgIpc) is 2.75. The van der Waals surface area contributed by atoms with Gasteiger partial charge in [0.05, 0.1) is 18.3 Å². The molecule has 0 aliphatic rings. The van der Waals surface area contributed by atoms with Crippen LogP contribution in [0.15, 0.2) is 85.2 Å². The van der Waals surface area contributed by atoms with E-state index in [1.807, 2.05) is 30.6 Å². The zero-order valence-electron chi connectivity index (χ0n) is 16.0. The van der Waals surface area contributed by atoms with Gasteiger partial charge in [0, 0.05) is 37.4 Å². The van der Waals surface area contributed by atoms with Gasteiger partial charge in [-0.2, -0.15) is 0 Å². The standard InChI is InChI=1S/C24H23N3O/c1-28-23-9-10-24-21(15-23)7-8-22(26-24)18-27(16-19-5-3-2-4-6-19)17-20-11-13-25-14-12-20/h2-15H,16-18H2,1H3. The molecule has 0 radical (unpaired) electrons. The van der Waals surface area contributed by atoms with E-state index in [-0.39, 0.29) is 0 Å². The molecule has 4 heteroatoms. The molecule has 0 aliphatic carbocycles. The minimum Gasteiger partial charge on any atom is -0.497 e. The Bertz CT molecular complexity index is 994. The number of fused-ring (bicyclic) bond motifs is 1. The molecule has 0 atom stereocenters. The van der Waals surface area contributed by atoms with Gasteiger partial charge >= 0.3 is 0 Å². The van der Waals surface area contributed by atoms with Crippen molar-refractivity contribution in [2.45, 2.75) is 19.6 Å². The van der Waals surface area contributed by atoms with Crippen molar-refractivity contribution in [2.24, 2.45) is 0 Å². The van der Waals surface area contributed by atoms with Gasteiger partial charge in [-0.05, 0) is 47.5 Å². The van der Waals surface area contributed by atoms with Crippen molar-refractivity contribution < 1.29 is 4.74 Å². The van der Waals surface area contributed by atoms with Crippen LogP contribution in [0.3, 0.4) is 0 Å².